The fourth-order valence-electron chi connectivity index (χ4n) is 2.62. The van der Waals surface area contributed by atoms with Crippen molar-refractivity contribution < 1.29 is 13.2 Å². The van der Waals surface area contributed by atoms with Crippen LogP contribution in [0.3, 0.4) is 0 Å². The third kappa shape index (κ3) is 3.66. The van der Waals surface area contributed by atoms with E-state index < -0.39 is 10.0 Å². The highest BCUT2D eigenvalue weighted by Gasteiger charge is 2.32. The van der Waals surface area contributed by atoms with Crippen molar-refractivity contribution in [2.24, 2.45) is 5.41 Å². The minimum atomic E-state index is -3.22. The molecule has 2 atom stereocenters. The first-order valence-electron chi connectivity index (χ1n) is 6.79. The molecule has 0 radical (unpaired) electrons. The fraction of sp³-hybridized carbons (Fsp3) is 1.00. The molecule has 2 saturated heterocycles. The fourth-order valence-corrected chi connectivity index (χ4v) is 4.16. The van der Waals surface area contributed by atoms with Crippen molar-refractivity contribution in [3.05, 3.63) is 0 Å². The van der Waals surface area contributed by atoms with E-state index in [0.717, 1.165) is 32.4 Å². The molecule has 0 aromatic rings. The summed E-state index contributed by atoms with van der Waals surface area (Å²) in [6.07, 6.45) is 3.74. The molecule has 0 saturated carbocycles. The van der Waals surface area contributed by atoms with E-state index in [2.05, 4.69) is 17.0 Å². The molecule has 18 heavy (non-hydrogen) atoms. The first-order valence-corrected chi connectivity index (χ1v) is 8.33. The zero-order chi connectivity index (χ0) is 13.1. The van der Waals surface area contributed by atoms with Crippen LogP contribution in [0.15, 0.2) is 0 Å². The molecule has 2 heterocycles. The van der Waals surface area contributed by atoms with Crippen LogP contribution in [0.5, 0.6) is 0 Å². The van der Waals surface area contributed by atoms with Crippen LogP contribution in [0.25, 0.3) is 0 Å². The van der Waals surface area contributed by atoms with Crippen molar-refractivity contribution in [2.45, 2.75) is 37.9 Å². The number of hydrogen-bond acceptors (Lipinski definition) is 4. The highest BCUT2D eigenvalue weighted by molar-refractivity contribution is 7.90. The first-order chi connectivity index (χ1) is 8.52. The summed E-state index contributed by atoms with van der Waals surface area (Å²) < 4.78 is 32.4. The molecule has 0 bridgehead atoms. The van der Waals surface area contributed by atoms with Crippen molar-refractivity contribution in [2.75, 3.05) is 32.8 Å². The standard InChI is InChI=1S/C12H24N2O3S/c1-12(5-3-6-13-9-12)10-14-18(15,16)11-4-2-7-17-8-11/h11,13-14H,2-10H2,1H3. The molecular weight excluding hydrogens is 252 g/mol. The second-order valence-electron chi connectivity index (χ2n) is 5.80. The molecule has 106 valence electrons. The van der Waals surface area contributed by atoms with Gasteiger partial charge in [-0.3, -0.25) is 0 Å². The second-order valence-corrected chi connectivity index (χ2v) is 7.84. The van der Waals surface area contributed by atoms with Gasteiger partial charge >= 0.3 is 0 Å². The van der Waals surface area contributed by atoms with Crippen LogP contribution in [-0.2, 0) is 14.8 Å². The van der Waals surface area contributed by atoms with Gasteiger partial charge in [0.15, 0.2) is 0 Å². The predicted molar refractivity (Wildman–Crippen MR) is 71.0 cm³/mol. The number of ether oxygens (including phenoxy) is 1. The van der Waals surface area contributed by atoms with Gasteiger partial charge in [-0.05, 0) is 37.6 Å². The van der Waals surface area contributed by atoms with E-state index in [1.54, 1.807) is 0 Å². The summed E-state index contributed by atoms with van der Waals surface area (Å²) in [7, 11) is -3.22. The van der Waals surface area contributed by atoms with Crippen LogP contribution >= 0.6 is 0 Å². The van der Waals surface area contributed by atoms with Crippen molar-refractivity contribution in [3.8, 4) is 0 Å². The molecule has 0 aromatic carbocycles. The molecule has 2 unspecified atom stereocenters. The molecule has 2 aliphatic rings. The number of sulfonamides is 1. The molecular formula is C12H24N2O3S. The minimum absolute atomic E-state index is 0.0425. The Morgan fingerprint density at radius 1 is 1.44 bits per heavy atom. The van der Waals surface area contributed by atoms with Crippen LogP contribution in [0, 0.1) is 5.41 Å². The molecule has 0 aliphatic carbocycles. The summed E-state index contributed by atoms with van der Waals surface area (Å²) in [5.74, 6) is 0. The van der Waals surface area contributed by atoms with E-state index in [0.29, 0.717) is 26.2 Å². The minimum Gasteiger partial charge on any atom is -0.380 e. The van der Waals surface area contributed by atoms with Gasteiger partial charge in [0, 0.05) is 19.7 Å². The highest BCUT2D eigenvalue weighted by Crippen LogP contribution is 2.25. The summed E-state index contributed by atoms with van der Waals surface area (Å²) in [5, 5.41) is 2.96. The number of piperidine rings is 1. The maximum absolute atomic E-state index is 12.2. The van der Waals surface area contributed by atoms with E-state index in [9.17, 15) is 8.42 Å². The maximum Gasteiger partial charge on any atom is 0.216 e. The van der Waals surface area contributed by atoms with E-state index in [1.165, 1.54) is 0 Å². The van der Waals surface area contributed by atoms with E-state index in [-0.39, 0.29) is 10.7 Å². The van der Waals surface area contributed by atoms with Gasteiger partial charge in [-0.2, -0.15) is 0 Å². The van der Waals surface area contributed by atoms with Crippen LogP contribution in [-0.4, -0.2) is 46.5 Å². The van der Waals surface area contributed by atoms with Crippen LogP contribution in [0.1, 0.15) is 32.6 Å². The van der Waals surface area contributed by atoms with Crippen molar-refractivity contribution in [1.29, 1.82) is 0 Å². The normalized spacial score (nSPS) is 34.4. The molecule has 6 heteroatoms. The quantitative estimate of drug-likeness (QED) is 0.783. The molecule has 0 spiro atoms. The lowest BCUT2D eigenvalue weighted by Gasteiger charge is -2.34. The van der Waals surface area contributed by atoms with Gasteiger partial charge in [0.05, 0.1) is 11.9 Å². The van der Waals surface area contributed by atoms with Crippen molar-refractivity contribution in [3.63, 3.8) is 0 Å². The van der Waals surface area contributed by atoms with E-state index in [4.69, 9.17) is 4.74 Å². The molecule has 2 rings (SSSR count). The Kier molecular flexibility index (Phi) is 4.64. The summed E-state index contributed by atoms with van der Waals surface area (Å²) >= 11 is 0. The summed E-state index contributed by atoms with van der Waals surface area (Å²) in [6, 6.07) is 0. The van der Waals surface area contributed by atoms with E-state index >= 15 is 0 Å². The predicted octanol–water partition coefficient (Wildman–Crippen LogP) is 0.475. The summed E-state index contributed by atoms with van der Waals surface area (Å²) in [4.78, 5) is 0. The first kappa shape index (κ1) is 14.2. The van der Waals surface area contributed by atoms with Gasteiger partial charge in [-0.15, -0.1) is 0 Å². The largest absolute Gasteiger partial charge is 0.380 e. The number of nitrogens with one attached hydrogen (secondary N) is 2. The van der Waals surface area contributed by atoms with Crippen molar-refractivity contribution in [1.82, 2.24) is 10.0 Å². The topological polar surface area (TPSA) is 67.4 Å². The monoisotopic (exact) mass is 276 g/mol. The molecule has 2 N–H and O–H groups in total. The van der Waals surface area contributed by atoms with Gasteiger partial charge in [0.1, 0.15) is 0 Å². The molecule has 2 fully saturated rings. The Balaban J connectivity index is 1.87. The Bertz CT molecular complexity index is 358. The average molecular weight is 276 g/mol. The molecule has 2 aliphatic heterocycles. The lowest BCUT2D eigenvalue weighted by molar-refractivity contribution is 0.0986. The van der Waals surface area contributed by atoms with Gasteiger partial charge in [-0.1, -0.05) is 6.92 Å². The van der Waals surface area contributed by atoms with Crippen molar-refractivity contribution >= 4 is 10.0 Å². The average Bonchev–Trinajstić information content (AvgIpc) is 2.39. The number of rotatable bonds is 4. The van der Waals surface area contributed by atoms with Gasteiger partial charge < -0.3 is 10.1 Å². The maximum atomic E-state index is 12.2. The number of hydrogen-bond donors (Lipinski definition) is 2. The van der Waals surface area contributed by atoms with Crippen LogP contribution in [0.4, 0.5) is 0 Å². The van der Waals surface area contributed by atoms with Gasteiger partial charge in [-0.25, -0.2) is 13.1 Å². The molecule has 0 amide bonds. The smallest absolute Gasteiger partial charge is 0.216 e. The van der Waals surface area contributed by atoms with Gasteiger partial charge in [0.25, 0.3) is 0 Å². The summed E-state index contributed by atoms with van der Waals surface area (Å²) in [5.41, 5.74) is 0.0425. The Morgan fingerprint density at radius 3 is 2.89 bits per heavy atom. The lowest BCUT2D eigenvalue weighted by Crippen LogP contribution is -2.48. The molecule has 5 nitrogen and oxygen atoms in total. The highest BCUT2D eigenvalue weighted by atomic mass is 32.2. The Labute approximate surface area is 110 Å². The van der Waals surface area contributed by atoms with Gasteiger partial charge in [0.2, 0.25) is 10.0 Å². The van der Waals surface area contributed by atoms with Crippen LogP contribution < -0.4 is 10.0 Å². The Hall–Kier alpha value is -0.170. The third-order valence-electron chi connectivity index (χ3n) is 3.94. The lowest BCUT2D eigenvalue weighted by atomic mass is 9.83. The van der Waals surface area contributed by atoms with Crippen LogP contribution in [0.2, 0.25) is 0 Å². The second kappa shape index (κ2) is 5.86. The zero-order valence-corrected chi connectivity index (χ0v) is 11.9. The zero-order valence-electron chi connectivity index (χ0n) is 11.1. The summed E-state index contributed by atoms with van der Waals surface area (Å²) in [6.45, 7) is 5.62. The third-order valence-corrected chi connectivity index (χ3v) is 5.74. The molecule has 0 aromatic heterocycles. The van der Waals surface area contributed by atoms with E-state index in [1.807, 2.05) is 0 Å². The Morgan fingerprint density at radius 2 is 2.28 bits per heavy atom. The SMILES string of the molecule is CC1(CNS(=O)(=O)C2CCCOC2)CCCNC1.